The third kappa shape index (κ3) is 2.06. The van der Waals surface area contributed by atoms with Crippen molar-refractivity contribution in [3.63, 3.8) is 0 Å². The Balaban J connectivity index is 2.08. The highest BCUT2D eigenvalue weighted by atomic mass is 16.1. The molecule has 18 heavy (non-hydrogen) atoms. The molecule has 1 saturated heterocycles. The molecule has 3 nitrogen and oxygen atoms in total. The lowest BCUT2D eigenvalue weighted by molar-refractivity contribution is 0.256. The Morgan fingerprint density at radius 2 is 1.94 bits per heavy atom. The Labute approximate surface area is 106 Å². The van der Waals surface area contributed by atoms with E-state index < -0.39 is 0 Å². The van der Waals surface area contributed by atoms with Crippen molar-refractivity contribution < 1.29 is 0 Å². The van der Waals surface area contributed by atoms with Gasteiger partial charge in [0.2, 0.25) is 5.56 Å². The van der Waals surface area contributed by atoms with Crippen molar-refractivity contribution in [3.05, 3.63) is 46.2 Å². The summed E-state index contributed by atoms with van der Waals surface area (Å²) in [5.74, 6) is 0.522. The molecule has 0 aliphatic carbocycles. The number of aromatic amines is 1. The van der Waals surface area contributed by atoms with Gasteiger partial charge in [-0.05, 0) is 50.5 Å². The lowest BCUT2D eigenvalue weighted by Gasteiger charge is -2.29. The summed E-state index contributed by atoms with van der Waals surface area (Å²) in [7, 11) is 2.16. The standard InChI is InChI=1S/C15H18N2O/c1-17-8-6-11(7-9-17)13-10-15(18)16-14-5-3-2-4-12(13)14/h2-5,10-11H,6-9H2,1H3,(H,16,18). The molecule has 1 fully saturated rings. The van der Waals surface area contributed by atoms with E-state index in [2.05, 4.69) is 23.0 Å². The first-order valence-corrected chi connectivity index (χ1v) is 6.54. The number of fused-ring (bicyclic) bond motifs is 1. The van der Waals surface area contributed by atoms with Gasteiger partial charge in [-0.25, -0.2) is 0 Å². The topological polar surface area (TPSA) is 36.1 Å². The Morgan fingerprint density at radius 3 is 2.72 bits per heavy atom. The van der Waals surface area contributed by atoms with Crippen molar-refractivity contribution in [2.75, 3.05) is 20.1 Å². The molecule has 94 valence electrons. The third-order valence-electron chi connectivity index (χ3n) is 3.94. The van der Waals surface area contributed by atoms with E-state index in [1.54, 1.807) is 6.07 Å². The number of nitrogens with one attached hydrogen (secondary N) is 1. The van der Waals surface area contributed by atoms with E-state index in [1.807, 2.05) is 18.2 Å². The van der Waals surface area contributed by atoms with Gasteiger partial charge in [0, 0.05) is 17.0 Å². The number of hydrogen-bond donors (Lipinski definition) is 1. The number of H-pyrrole nitrogens is 1. The minimum absolute atomic E-state index is 0.0163. The van der Waals surface area contributed by atoms with Crippen LogP contribution in [0.15, 0.2) is 35.1 Å². The van der Waals surface area contributed by atoms with E-state index in [0.717, 1.165) is 31.4 Å². The minimum Gasteiger partial charge on any atom is -0.322 e. The van der Waals surface area contributed by atoms with Gasteiger partial charge in [-0.2, -0.15) is 0 Å². The SMILES string of the molecule is CN1CCC(c2cc(=O)[nH]c3ccccc23)CC1. The molecule has 2 aromatic rings. The highest BCUT2D eigenvalue weighted by Gasteiger charge is 2.20. The molecule has 0 unspecified atom stereocenters. The molecule has 2 heterocycles. The smallest absolute Gasteiger partial charge is 0.248 e. The maximum atomic E-state index is 11.7. The summed E-state index contributed by atoms with van der Waals surface area (Å²) in [6, 6.07) is 9.89. The molecule has 1 aromatic carbocycles. The van der Waals surface area contributed by atoms with Crippen LogP contribution in [0.2, 0.25) is 0 Å². The number of nitrogens with zero attached hydrogens (tertiary/aromatic N) is 1. The summed E-state index contributed by atoms with van der Waals surface area (Å²) < 4.78 is 0. The molecule has 0 spiro atoms. The maximum absolute atomic E-state index is 11.7. The molecular formula is C15H18N2O. The van der Waals surface area contributed by atoms with Crippen molar-refractivity contribution in [2.45, 2.75) is 18.8 Å². The summed E-state index contributed by atoms with van der Waals surface area (Å²) in [6.07, 6.45) is 2.29. The molecule has 1 N–H and O–H groups in total. The van der Waals surface area contributed by atoms with Crippen LogP contribution in [0.3, 0.4) is 0 Å². The summed E-state index contributed by atoms with van der Waals surface area (Å²) in [6.45, 7) is 2.23. The van der Waals surface area contributed by atoms with Gasteiger partial charge in [-0.1, -0.05) is 18.2 Å². The average Bonchev–Trinajstić information content (AvgIpc) is 2.38. The summed E-state index contributed by atoms with van der Waals surface area (Å²) >= 11 is 0. The monoisotopic (exact) mass is 242 g/mol. The third-order valence-corrected chi connectivity index (χ3v) is 3.94. The summed E-state index contributed by atoms with van der Waals surface area (Å²) in [5.41, 5.74) is 2.20. The first-order valence-electron chi connectivity index (χ1n) is 6.54. The van der Waals surface area contributed by atoms with Gasteiger partial charge in [0.1, 0.15) is 0 Å². The molecule has 1 aromatic heterocycles. The van der Waals surface area contributed by atoms with Crippen molar-refractivity contribution in [3.8, 4) is 0 Å². The maximum Gasteiger partial charge on any atom is 0.248 e. The number of aromatic nitrogens is 1. The van der Waals surface area contributed by atoms with Crippen LogP contribution < -0.4 is 5.56 Å². The molecule has 0 bridgehead atoms. The van der Waals surface area contributed by atoms with Crippen molar-refractivity contribution in [1.82, 2.24) is 9.88 Å². The zero-order valence-electron chi connectivity index (χ0n) is 10.6. The zero-order chi connectivity index (χ0) is 12.5. The highest BCUT2D eigenvalue weighted by molar-refractivity contribution is 5.82. The van der Waals surface area contributed by atoms with Crippen LogP contribution in [0.25, 0.3) is 10.9 Å². The molecular weight excluding hydrogens is 224 g/mol. The van der Waals surface area contributed by atoms with E-state index in [4.69, 9.17) is 0 Å². The Hall–Kier alpha value is -1.61. The minimum atomic E-state index is 0.0163. The predicted octanol–water partition coefficient (Wildman–Crippen LogP) is 2.34. The number of likely N-dealkylation sites (tertiary alicyclic amines) is 1. The van der Waals surface area contributed by atoms with Gasteiger partial charge in [-0.15, -0.1) is 0 Å². The van der Waals surface area contributed by atoms with Crippen LogP contribution in [0.5, 0.6) is 0 Å². The molecule has 0 amide bonds. The summed E-state index contributed by atoms with van der Waals surface area (Å²) in [5, 5.41) is 1.20. The number of hydrogen-bond acceptors (Lipinski definition) is 2. The van der Waals surface area contributed by atoms with Gasteiger partial charge in [0.05, 0.1) is 0 Å². The van der Waals surface area contributed by atoms with Crippen LogP contribution in [0.1, 0.15) is 24.3 Å². The lowest BCUT2D eigenvalue weighted by atomic mass is 9.87. The second-order valence-electron chi connectivity index (χ2n) is 5.21. The van der Waals surface area contributed by atoms with E-state index in [-0.39, 0.29) is 5.56 Å². The zero-order valence-corrected chi connectivity index (χ0v) is 10.6. The second-order valence-corrected chi connectivity index (χ2v) is 5.21. The van der Waals surface area contributed by atoms with Gasteiger partial charge in [0.15, 0.2) is 0 Å². The van der Waals surface area contributed by atoms with Crippen molar-refractivity contribution in [2.24, 2.45) is 0 Å². The highest BCUT2D eigenvalue weighted by Crippen LogP contribution is 2.30. The molecule has 1 aliphatic rings. The van der Waals surface area contributed by atoms with Crippen molar-refractivity contribution in [1.29, 1.82) is 0 Å². The summed E-state index contributed by atoms with van der Waals surface area (Å²) in [4.78, 5) is 17.0. The van der Waals surface area contributed by atoms with Crippen LogP contribution in [-0.4, -0.2) is 30.0 Å². The van der Waals surface area contributed by atoms with Crippen LogP contribution in [-0.2, 0) is 0 Å². The number of pyridine rings is 1. The molecule has 1 aliphatic heterocycles. The Kier molecular flexibility index (Phi) is 2.92. The van der Waals surface area contributed by atoms with Gasteiger partial charge in [-0.3, -0.25) is 4.79 Å². The fraction of sp³-hybridized carbons (Fsp3) is 0.400. The molecule has 0 radical (unpaired) electrons. The number of benzene rings is 1. The van der Waals surface area contributed by atoms with E-state index in [9.17, 15) is 4.79 Å². The first-order chi connectivity index (χ1) is 8.74. The van der Waals surface area contributed by atoms with Crippen LogP contribution in [0, 0.1) is 0 Å². The van der Waals surface area contributed by atoms with Gasteiger partial charge >= 0.3 is 0 Å². The quantitative estimate of drug-likeness (QED) is 0.833. The Bertz CT molecular complexity index is 609. The van der Waals surface area contributed by atoms with Crippen LogP contribution >= 0.6 is 0 Å². The fourth-order valence-electron chi connectivity index (χ4n) is 2.89. The van der Waals surface area contributed by atoms with E-state index in [0.29, 0.717) is 5.92 Å². The number of para-hydroxylation sites is 1. The first kappa shape index (κ1) is 11.5. The molecule has 0 saturated carbocycles. The molecule has 3 rings (SSSR count). The molecule has 0 atom stereocenters. The Morgan fingerprint density at radius 1 is 1.22 bits per heavy atom. The number of piperidine rings is 1. The van der Waals surface area contributed by atoms with Gasteiger partial charge in [0.25, 0.3) is 0 Å². The lowest BCUT2D eigenvalue weighted by Crippen LogP contribution is -2.29. The normalized spacial score (nSPS) is 18.3. The second kappa shape index (κ2) is 4.58. The van der Waals surface area contributed by atoms with Crippen molar-refractivity contribution >= 4 is 10.9 Å². The van der Waals surface area contributed by atoms with E-state index >= 15 is 0 Å². The predicted molar refractivity (Wildman–Crippen MR) is 74.0 cm³/mol. The van der Waals surface area contributed by atoms with E-state index in [1.165, 1.54) is 10.9 Å². The fourth-order valence-corrected chi connectivity index (χ4v) is 2.89. The largest absolute Gasteiger partial charge is 0.322 e. The number of rotatable bonds is 1. The molecule has 3 heteroatoms. The van der Waals surface area contributed by atoms with Crippen LogP contribution in [0.4, 0.5) is 0 Å². The average molecular weight is 242 g/mol. The van der Waals surface area contributed by atoms with Gasteiger partial charge < -0.3 is 9.88 Å².